The molecule has 0 N–H and O–H groups in total. The minimum atomic E-state index is 0.972. The van der Waals surface area contributed by atoms with Gasteiger partial charge in [-0.15, -0.1) is 0 Å². The molecule has 0 aliphatic heterocycles. The summed E-state index contributed by atoms with van der Waals surface area (Å²) in [5, 5.41) is 1.33. The summed E-state index contributed by atoms with van der Waals surface area (Å²) in [7, 11) is 6.28. The number of hydrogen-bond donors (Lipinski definition) is 0. The number of hydrogen-bond acceptors (Lipinski definition) is 1. The van der Waals surface area contributed by atoms with E-state index in [1.165, 1.54) is 20.9 Å². The monoisotopic (exact) mass is 266 g/mol. The largest absolute Gasteiger partial charge is 0.350 e. The lowest BCUT2D eigenvalue weighted by atomic mass is 10.2. The second-order valence-corrected chi connectivity index (χ2v) is 4.99. The Balaban J connectivity index is 2.65. The van der Waals surface area contributed by atoms with Crippen LogP contribution in [0.15, 0.2) is 28.9 Å². The van der Waals surface area contributed by atoms with Crippen LogP contribution in [0.1, 0.15) is 5.56 Å². The molecule has 80 valence electrons. The molecule has 1 heterocycles. The molecule has 2 nitrogen and oxygen atoms in total. The molecule has 15 heavy (non-hydrogen) atoms. The van der Waals surface area contributed by atoms with Crippen LogP contribution in [0.2, 0.25) is 0 Å². The van der Waals surface area contributed by atoms with E-state index in [9.17, 15) is 0 Å². The van der Waals surface area contributed by atoms with E-state index in [1.807, 2.05) is 0 Å². The predicted octanol–water partition coefficient (Wildman–Crippen LogP) is 3.00. The molecule has 0 bridgehead atoms. The molecule has 0 aliphatic rings. The van der Waals surface area contributed by atoms with Crippen molar-refractivity contribution in [1.29, 1.82) is 0 Å². The van der Waals surface area contributed by atoms with E-state index in [0.717, 1.165) is 6.54 Å². The molecule has 0 spiro atoms. The summed E-state index contributed by atoms with van der Waals surface area (Å²) in [6.07, 6.45) is 2.20. The van der Waals surface area contributed by atoms with Crippen molar-refractivity contribution in [3.05, 3.63) is 34.4 Å². The number of aryl methyl sites for hydroxylation is 1. The van der Waals surface area contributed by atoms with Crippen LogP contribution in [-0.4, -0.2) is 23.6 Å². The first-order valence-electron chi connectivity index (χ1n) is 4.96. The first-order valence-corrected chi connectivity index (χ1v) is 5.76. The number of benzene rings is 1. The third-order valence-electron chi connectivity index (χ3n) is 2.53. The smallest absolute Gasteiger partial charge is 0.0492 e. The second-order valence-electron chi connectivity index (χ2n) is 4.14. The molecule has 2 aromatic rings. The average molecular weight is 267 g/mol. The summed E-state index contributed by atoms with van der Waals surface area (Å²) in [6, 6.07) is 6.33. The van der Waals surface area contributed by atoms with E-state index in [0.29, 0.717) is 0 Å². The van der Waals surface area contributed by atoms with Gasteiger partial charge in [0.25, 0.3) is 0 Å². The summed E-state index contributed by atoms with van der Waals surface area (Å²) >= 11 is 3.62. The van der Waals surface area contributed by atoms with E-state index >= 15 is 0 Å². The summed E-state index contributed by atoms with van der Waals surface area (Å²) in [5.41, 5.74) is 2.64. The van der Waals surface area contributed by atoms with Gasteiger partial charge in [-0.3, -0.25) is 0 Å². The quantitative estimate of drug-likeness (QED) is 0.812. The Morgan fingerprint density at radius 2 is 2.07 bits per heavy atom. The zero-order chi connectivity index (χ0) is 11.0. The van der Waals surface area contributed by atoms with Gasteiger partial charge >= 0.3 is 0 Å². The fourth-order valence-corrected chi connectivity index (χ4v) is 2.56. The van der Waals surface area contributed by atoms with Crippen molar-refractivity contribution in [2.24, 2.45) is 7.05 Å². The van der Waals surface area contributed by atoms with Crippen molar-refractivity contribution in [1.82, 2.24) is 9.47 Å². The molecule has 0 saturated carbocycles. The van der Waals surface area contributed by atoms with Gasteiger partial charge in [0.15, 0.2) is 0 Å². The third-order valence-corrected chi connectivity index (χ3v) is 3.19. The van der Waals surface area contributed by atoms with Crippen LogP contribution in [0.5, 0.6) is 0 Å². The number of fused-ring (bicyclic) bond motifs is 1. The van der Waals surface area contributed by atoms with Crippen molar-refractivity contribution < 1.29 is 0 Å². The first kappa shape index (κ1) is 10.7. The predicted molar refractivity (Wildman–Crippen MR) is 68.0 cm³/mol. The van der Waals surface area contributed by atoms with Crippen LogP contribution in [-0.2, 0) is 13.6 Å². The van der Waals surface area contributed by atoms with Crippen molar-refractivity contribution in [2.75, 3.05) is 14.1 Å². The Labute approximate surface area is 98.6 Å². The van der Waals surface area contributed by atoms with Gasteiger partial charge < -0.3 is 9.47 Å². The van der Waals surface area contributed by atoms with Gasteiger partial charge in [-0.25, -0.2) is 0 Å². The van der Waals surface area contributed by atoms with E-state index in [1.54, 1.807) is 0 Å². The average Bonchev–Trinajstić information content (AvgIpc) is 2.44. The first-order chi connectivity index (χ1) is 7.09. The number of rotatable bonds is 2. The summed E-state index contributed by atoms with van der Waals surface area (Å²) in [5.74, 6) is 0. The van der Waals surface area contributed by atoms with Gasteiger partial charge in [-0.1, -0.05) is 22.0 Å². The van der Waals surface area contributed by atoms with Gasteiger partial charge in [0.05, 0.1) is 0 Å². The molecule has 1 aromatic heterocycles. The van der Waals surface area contributed by atoms with Gasteiger partial charge in [0, 0.05) is 35.2 Å². The van der Waals surface area contributed by atoms with Gasteiger partial charge in [0.1, 0.15) is 0 Å². The molecule has 0 unspecified atom stereocenters. The Hall–Kier alpha value is -0.800. The molecule has 0 radical (unpaired) electrons. The highest BCUT2D eigenvalue weighted by Gasteiger charge is 2.09. The summed E-state index contributed by atoms with van der Waals surface area (Å²) < 4.78 is 3.36. The van der Waals surface area contributed by atoms with E-state index in [4.69, 9.17) is 0 Å². The van der Waals surface area contributed by atoms with Crippen LogP contribution in [0.4, 0.5) is 0 Å². The normalized spacial score (nSPS) is 11.5. The Kier molecular flexibility index (Phi) is 2.85. The third kappa shape index (κ3) is 1.94. The standard InChI is InChI=1S/C12H15BrN2/c1-14(2)7-9-8-15(3)11-6-4-5-10(13)12(9)11/h4-6,8H,7H2,1-3H3. The zero-order valence-electron chi connectivity index (χ0n) is 9.29. The molecular weight excluding hydrogens is 252 g/mol. The molecule has 1 aromatic carbocycles. The van der Waals surface area contributed by atoms with Gasteiger partial charge in [-0.2, -0.15) is 0 Å². The lowest BCUT2D eigenvalue weighted by Crippen LogP contribution is -2.10. The van der Waals surface area contributed by atoms with Crippen molar-refractivity contribution >= 4 is 26.8 Å². The van der Waals surface area contributed by atoms with Crippen molar-refractivity contribution in [3.63, 3.8) is 0 Å². The molecule has 0 atom stereocenters. The number of aromatic nitrogens is 1. The van der Waals surface area contributed by atoms with Crippen molar-refractivity contribution in [2.45, 2.75) is 6.54 Å². The van der Waals surface area contributed by atoms with E-state index < -0.39 is 0 Å². The lowest BCUT2D eigenvalue weighted by Gasteiger charge is -2.08. The van der Waals surface area contributed by atoms with Crippen LogP contribution in [0.25, 0.3) is 10.9 Å². The second kappa shape index (κ2) is 3.99. The Morgan fingerprint density at radius 3 is 2.73 bits per heavy atom. The maximum Gasteiger partial charge on any atom is 0.0492 e. The van der Waals surface area contributed by atoms with E-state index in [2.05, 4.69) is 70.9 Å². The maximum absolute atomic E-state index is 3.62. The molecule has 0 saturated heterocycles. The van der Waals surface area contributed by atoms with Crippen molar-refractivity contribution in [3.8, 4) is 0 Å². The highest BCUT2D eigenvalue weighted by Crippen LogP contribution is 2.28. The minimum absolute atomic E-state index is 0.972. The van der Waals surface area contributed by atoms with Crippen LogP contribution in [0, 0.1) is 0 Å². The highest BCUT2D eigenvalue weighted by molar-refractivity contribution is 9.10. The number of nitrogens with zero attached hydrogens (tertiary/aromatic N) is 2. The topological polar surface area (TPSA) is 8.17 Å². The zero-order valence-corrected chi connectivity index (χ0v) is 10.9. The van der Waals surface area contributed by atoms with Gasteiger partial charge in [-0.05, 0) is 31.8 Å². The molecule has 3 heteroatoms. The Morgan fingerprint density at radius 1 is 1.33 bits per heavy atom. The van der Waals surface area contributed by atoms with E-state index in [-0.39, 0.29) is 0 Å². The van der Waals surface area contributed by atoms with Crippen LogP contribution < -0.4 is 0 Å². The Bertz CT molecular complexity index is 486. The highest BCUT2D eigenvalue weighted by atomic mass is 79.9. The summed E-state index contributed by atoms with van der Waals surface area (Å²) in [4.78, 5) is 2.19. The molecule has 0 amide bonds. The SMILES string of the molecule is CN(C)Cc1cn(C)c2cccc(Br)c12. The minimum Gasteiger partial charge on any atom is -0.350 e. The molecule has 0 aliphatic carbocycles. The van der Waals surface area contributed by atoms with Gasteiger partial charge in [0.2, 0.25) is 0 Å². The molecular formula is C12H15BrN2. The van der Waals surface area contributed by atoms with Crippen LogP contribution >= 0.6 is 15.9 Å². The van der Waals surface area contributed by atoms with Crippen LogP contribution in [0.3, 0.4) is 0 Å². The molecule has 0 fully saturated rings. The summed E-state index contributed by atoms with van der Waals surface area (Å²) in [6.45, 7) is 0.972. The fraction of sp³-hybridized carbons (Fsp3) is 0.333. The lowest BCUT2D eigenvalue weighted by molar-refractivity contribution is 0.403. The maximum atomic E-state index is 3.62. The molecule has 2 rings (SSSR count). The number of halogens is 1. The fourth-order valence-electron chi connectivity index (χ4n) is 1.95.